The molecular formula is C33H30ClF4N3O4S. The van der Waals surface area contributed by atoms with E-state index in [0.717, 1.165) is 11.0 Å². The minimum absolute atomic E-state index is 0.0232. The fraction of sp³-hybridized carbons (Fsp3) is 0.212. The van der Waals surface area contributed by atoms with Gasteiger partial charge in [-0.1, -0.05) is 72.3 Å². The minimum Gasteiger partial charge on any atom is -0.355 e. The van der Waals surface area contributed by atoms with Gasteiger partial charge in [0.1, 0.15) is 18.4 Å². The Morgan fingerprint density at radius 2 is 1.48 bits per heavy atom. The van der Waals surface area contributed by atoms with Crippen molar-refractivity contribution in [2.45, 2.75) is 37.0 Å². The standard InChI is InChI=1S/C33H30ClF4N3O4S/c1-2-39-32(43)30(19-23-9-5-3-6-10-23)40(21-24-13-16-26(35)17-14-24)31(42)22-41(46(44,45)27-11-7-4-8-12-27)29-20-25(33(36,37)38)15-18-28(29)34/h3-18,20,30H,2,19,21-22H2,1H3,(H,39,43). The Labute approximate surface area is 269 Å². The number of likely N-dealkylation sites (N-methyl/N-ethyl adjacent to an activating group) is 1. The molecule has 0 spiro atoms. The molecule has 13 heteroatoms. The number of benzene rings is 4. The van der Waals surface area contributed by atoms with Crippen LogP contribution in [-0.4, -0.2) is 44.3 Å². The van der Waals surface area contributed by atoms with Crippen LogP contribution in [0, 0.1) is 5.82 Å². The van der Waals surface area contributed by atoms with Crippen molar-refractivity contribution >= 4 is 39.1 Å². The molecule has 0 radical (unpaired) electrons. The van der Waals surface area contributed by atoms with Gasteiger partial charge in [0.15, 0.2) is 0 Å². The van der Waals surface area contributed by atoms with Crippen molar-refractivity contribution < 1.29 is 35.6 Å². The van der Waals surface area contributed by atoms with Crippen LogP contribution < -0.4 is 9.62 Å². The monoisotopic (exact) mass is 675 g/mol. The lowest BCUT2D eigenvalue weighted by molar-refractivity contribution is -0.140. The van der Waals surface area contributed by atoms with Gasteiger partial charge in [-0.3, -0.25) is 13.9 Å². The second-order valence-corrected chi connectivity index (χ2v) is 12.5. The number of amides is 2. The van der Waals surface area contributed by atoms with E-state index in [1.54, 1.807) is 43.3 Å². The number of rotatable bonds is 12. The van der Waals surface area contributed by atoms with Crippen molar-refractivity contribution in [1.82, 2.24) is 10.2 Å². The SMILES string of the molecule is CCNC(=O)C(Cc1ccccc1)N(Cc1ccc(F)cc1)C(=O)CN(c1cc(C(F)(F)F)ccc1Cl)S(=O)(=O)c1ccccc1. The summed E-state index contributed by atoms with van der Waals surface area (Å²) in [5, 5.41) is 2.35. The Morgan fingerprint density at radius 1 is 0.870 bits per heavy atom. The molecule has 4 aromatic rings. The molecule has 1 N–H and O–H groups in total. The molecule has 2 amide bonds. The molecule has 7 nitrogen and oxygen atoms in total. The van der Waals surface area contributed by atoms with E-state index in [2.05, 4.69) is 5.32 Å². The molecule has 0 aliphatic carbocycles. The van der Waals surface area contributed by atoms with Crippen molar-refractivity contribution in [1.29, 1.82) is 0 Å². The third-order valence-electron chi connectivity index (χ3n) is 7.04. The van der Waals surface area contributed by atoms with E-state index in [1.165, 1.54) is 48.5 Å². The summed E-state index contributed by atoms with van der Waals surface area (Å²) in [4.78, 5) is 28.6. The lowest BCUT2D eigenvalue weighted by Gasteiger charge is -2.34. The van der Waals surface area contributed by atoms with Crippen LogP contribution >= 0.6 is 11.6 Å². The van der Waals surface area contributed by atoms with E-state index in [0.29, 0.717) is 27.6 Å². The summed E-state index contributed by atoms with van der Waals surface area (Å²) < 4.78 is 83.5. The Morgan fingerprint density at radius 3 is 2.07 bits per heavy atom. The summed E-state index contributed by atoms with van der Waals surface area (Å²) in [6.45, 7) is 0.651. The van der Waals surface area contributed by atoms with Crippen molar-refractivity contribution in [2.24, 2.45) is 0 Å². The second-order valence-electron chi connectivity index (χ2n) is 10.2. The summed E-state index contributed by atoms with van der Waals surface area (Å²) in [5.41, 5.74) is -0.648. The van der Waals surface area contributed by atoms with Gasteiger partial charge in [0.25, 0.3) is 10.0 Å². The third kappa shape index (κ3) is 8.43. The van der Waals surface area contributed by atoms with E-state index < -0.39 is 57.7 Å². The zero-order valence-corrected chi connectivity index (χ0v) is 26.1. The van der Waals surface area contributed by atoms with Gasteiger partial charge >= 0.3 is 6.18 Å². The highest BCUT2D eigenvalue weighted by Crippen LogP contribution is 2.37. The molecule has 242 valence electrons. The Balaban J connectivity index is 1.86. The summed E-state index contributed by atoms with van der Waals surface area (Å²) in [7, 11) is -4.68. The van der Waals surface area contributed by atoms with Gasteiger partial charge < -0.3 is 10.2 Å². The molecule has 1 atom stereocenters. The number of nitrogens with one attached hydrogen (secondary N) is 1. The van der Waals surface area contributed by atoms with Crippen LogP contribution in [0.3, 0.4) is 0 Å². The van der Waals surface area contributed by atoms with Gasteiger partial charge in [-0.2, -0.15) is 13.2 Å². The average Bonchev–Trinajstić information content (AvgIpc) is 3.03. The maximum absolute atomic E-state index is 14.3. The molecule has 1 unspecified atom stereocenters. The molecule has 0 aliphatic rings. The number of halogens is 5. The Bertz CT molecular complexity index is 1760. The summed E-state index contributed by atoms with van der Waals surface area (Å²) in [6.07, 6.45) is -4.82. The summed E-state index contributed by atoms with van der Waals surface area (Å²) in [5.74, 6) is -1.99. The number of sulfonamides is 1. The second kappa shape index (κ2) is 14.8. The van der Waals surface area contributed by atoms with E-state index in [4.69, 9.17) is 11.6 Å². The molecule has 4 rings (SSSR count). The van der Waals surface area contributed by atoms with Crippen molar-refractivity contribution in [3.05, 3.63) is 131 Å². The highest BCUT2D eigenvalue weighted by molar-refractivity contribution is 7.92. The first-order valence-electron chi connectivity index (χ1n) is 14.1. The largest absolute Gasteiger partial charge is 0.416 e. The molecule has 46 heavy (non-hydrogen) atoms. The van der Waals surface area contributed by atoms with Crippen molar-refractivity contribution in [3.8, 4) is 0 Å². The normalized spacial score (nSPS) is 12.3. The maximum atomic E-state index is 14.3. The van der Waals surface area contributed by atoms with Crippen LogP contribution in [0.25, 0.3) is 0 Å². The quantitative estimate of drug-likeness (QED) is 0.175. The highest BCUT2D eigenvalue weighted by atomic mass is 35.5. The predicted molar refractivity (Wildman–Crippen MR) is 167 cm³/mol. The molecule has 0 fully saturated rings. The number of anilines is 1. The predicted octanol–water partition coefficient (Wildman–Crippen LogP) is 6.47. The summed E-state index contributed by atoms with van der Waals surface area (Å²) >= 11 is 6.31. The first-order chi connectivity index (χ1) is 21.8. The van der Waals surface area contributed by atoms with Crippen LogP contribution in [0.2, 0.25) is 5.02 Å². The molecule has 0 saturated carbocycles. The number of hydrogen-bond donors (Lipinski definition) is 1. The maximum Gasteiger partial charge on any atom is 0.416 e. The molecule has 0 bridgehead atoms. The first kappa shape index (κ1) is 34.5. The minimum atomic E-state index is -4.85. The molecule has 0 saturated heterocycles. The zero-order valence-electron chi connectivity index (χ0n) is 24.5. The van der Waals surface area contributed by atoms with E-state index in [9.17, 15) is 35.6 Å². The molecular weight excluding hydrogens is 646 g/mol. The molecule has 0 heterocycles. The van der Waals surface area contributed by atoms with E-state index in [1.807, 2.05) is 0 Å². The lowest BCUT2D eigenvalue weighted by atomic mass is 10.0. The van der Waals surface area contributed by atoms with Crippen molar-refractivity contribution in [3.63, 3.8) is 0 Å². The number of carbonyl (C=O) groups is 2. The first-order valence-corrected chi connectivity index (χ1v) is 15.9. The van der Waals surface area contributed by atoms with Gasteiger partial charge in [-0.25, -0.2) is 12.8 Å². The average molecular weight is 676 g/mol. The van der Waals surface area contributed by atoms with Gasteiger partial charge in [-0.05, 0) is 60.5 Å². The third-order valence-corrected chi connectivity index (χ3v) is 9.13. The number of carbonyl (C=O) groups excluding carboxylic acids is 2. The van der Waals surface area contributed by atoms with Gasteiger partial charge in [0.05, 0.1) is 21.2 Å². The topological polar surface area (TPSA) is 86.8 Å². The van der Waals surface area contributed by atoms with Crippen LogP contribution in [0.4, 0.5) is 23.2 Å². The van der Waals surface area contributed by atoms with Crippen molar-refractivity contribution in [2.75, 3.05) is 17.4 Å². The fourth-order valence-electron chi connectivity index (χ4n) is 4.75. The van der Waals surface area contributed by atoms with Crippen LogP contribution in [-0.2, 0) is 38.8 Å². The van der Waals surface area contributed by atoms with Gasteiger partial charge in [0.2, 0.25) is 11.8 Å². The lowest BCUT2D eigenvalue weighted by Crippen LogP contribution is -2.53. The summed E-state index contributed by atoms with van der Waals surface area (Å²) in [6, 6.07) is 21.8. The van der Waals surface area contributed by atoms with E-state index in [-0.39, 0.29) is 29.4 Å². The van der Waals surface area contributed by atoms with Crippen LogP contribution in [0.1, 0.15) is 23.6 Å². The van der Waals surface area contributed by atoms with E-state index >= 15 is 0 Å². The Kier molecular flexibility index (Phi) is 11.1. The van der Waals surface area contributed by atoms with Crippen LogP contribution in [0.5, 0.6) is 0 Å². The Hall–Kier alpha value is -4.42. The molecule has 4 aromatic carbocycles. The number of nitrogens with zero attached hydrogens (tertiary/aromatic N) is 2. The molecule has 0 aromatic heterocycles. The number of alkyl halides is 3. The van der Waals surface area contributed by atoms with Gasteiger partial charge in [0, 0.05) is 19.5 Å². The van der Waals surface area contributed by atoms with Gasteiger partial charge in [-0.15, -0.1) is 0 Å². The highest BCUT2D eigenvalue weighted by Gasteiger charge is 2.37. The molecule has 0 aliphatic heterocycles. The fourth-order valence-corrected chi connectivity index (χ4v) is 6.46. The smallest absolute Gasteiger partial charge is 0.355 e. The number of hydrogen-bond acceptors (Lipinski definition) is 4. The van der Waals surface area contributed by atoms with Crippen LogP contribution in [0.15, 0.2) is 108 Å². The zero-order chi connectivity index (χ0) is 33.5.